The predicted octanol–water partition coefficient (Wildman–Crippen LogP) is 11.3. The van der Waals surface area contributed by atoms with Gasteiger partial charge >= 0.3 is 0 Å². The quantitative estimate of drug-likeness (QED) is 0.152. The first-order chi connectivity index (χ1) is 33.3. The Morgan fingerprint density at radius 2 is 0.368 bits per heavy atom. The van der Waals surface area contributed by atoms with Crippen molar-refractivity contribution in [3.05, 3.63) is 261 Å². The molecule has 3 heterocycles. The van der Waals surface area contributed by atoms with Crippen LogP contribution in [0.25, 0.3) is 22.3 Å². The molecule has 0 saturated carbocycles. The number of carbonyl (C=O) groups excluding carboxylic acids is 4. The van der Waals surface area contributed by atoms with Crippen molar-refractivity contribution in [3.8, 4) is 22.3 Å². The van der Waals surface area contributed by atoms with E-state index in [1.54, 1.807) is 0 Å². The first-order valence-corrected chi connectivity index (χ1v) is 23.2. The third kappa shape index (κ3) is 8.48. The van der Waals surface area contributed by atoms with Gasteiger partial charge in [0.25, 0.3) is 23.6 Å². The lowest BCUT2D eigenvalue weighted by Gasteiger charge is -2.29. The molecule has 4 amide bonds. The summed E-state index contributed by atoms with van der Waals surface area (Å²) in [6.45, 7) is 2.53. The average molecular weight is 889 g/mol. The van der Waals surface area contributed by atoms with Crippen molar-refractivity contribution in [1.29, 1.82) is 0 Å². The van der Waals surface area contributed by atoms with Gasteiger partial charge in [-0.25, -0.2) is 0 Å². The molecule has 332 valence electrons. The molecule has 0 radical (unpaired) electrons. The second-order valence-corrected chi connectivity index (χ2v) is 18.1. The molecule has 68 heavy (non-hydrogen) atoms. The van der Waals surface area contributed by atoms with Gasteiger partial charge in [-0.3, -0.25) is 19.2 Å². The van der Waals surface area contributed by atoms with E-state index in [2.05, 4.69) is 24.3 Å². The lowest BCUT2D eigenvalue weighted by Crippen LogP contribution is -2.33. The van der Waals surface area contributed by atoms with E-state index in [1.165, 1.54) is 0 Å². The Kier molecular flexibility index (Phi) is 11.3. The van der Waals surface area contributed by atoms with Crippen LogP contribution in [0.15, 0.2) is 194 Å². The second kappa shape index (κ2) is 18.1. The molecule has 8 aromatic carbocycles. The van der Waals surface area contributed by atoms with Gasteiger partial charge in [-0.05, 0) is 91.0 Å². The lowest BCUT2D eigenvalue weighted by molar-refractivity contribution is 0.0715. The number of carbonyl (C=O) groups is 4. The summed E-state index contributed by atoms with van der Waals surface area (Å²) in [4.78, 5) is 68.5. The molecule has 12 bridgehead atoms. The monoisotopic (exact) mass is 888 g/mol. The topological polar surface area (TPSA) is 81.2 Å². The van der Waals surface area contributed by atoms with Crippen molar-refractivity contribution in [2.75, 3.05) is 0 Å². The molecule has 8 aromatic rings. The molecule has 11 rings (SSSR count). The van der Waals surface area contributed by atoms with E-state index in [9.17, 15) is 0 Å². The van der Waals surface area contributed by atoms with Crippen molar-refractivity contribution in [1.82, 2.24) is 19.6 Å². The summed E-state index contributed by atoms with van der Waals surface area (Å²) in [7, 11) is 0. The maximum atomic E-state index is 15.2. The highest BCUT2D eigenvalue weighted by atomic mass is 16.2. The lowest BCUT2D eigenvalue weighted by atomic mass is 9.93. The standard InChI is InChI=1S/C60H48N4O4/c65-57-53-25-5-1-21-49(53)50-22-2-6-26-54(50)58(66)62-35-43-15-11-19-47(31-43)39-64(40-48-20-12-16-44(32-48)36-62)60(68)56-28-8-4-24-52(56)51-23-3-7-27-55(51)59(67)63-37-45-17-9-13-41(29-45)33-61(57)34-42-14-10-18-46(30-42)38-63/h1-32H,33-40H2. The maximum absolute atomic E-state index is 15.2. The van der Waals surface area contributed by atoms with Crippen molar-refractivity contribution >= 4 is 23.6 Å². The Morgan fingerprint density at radius 3 is 0.544 bits per heavy atom. The molecule has 3 aliphatic rings. The number of hydrogen-bond donors (Lipinski definition) is 0. The summed E-state index contributed by atoms with van der Waals surface area (Å²) in [5.41, 5.74) is 12.1. The maximum Gasteiger partial charge on any atom is 0.255 e. The zero-order valence-electron chi connectivity index (χ0n) is 37.6. The van der Waals surface area contributed by atoms with Crippen LogP contribution in [-0.4, -0.2) is 43.2 Å². The number of rotatable bonds is 0. The summed E-state index contributed by atoms with van der Waals surface area (Å²) in [5, 5.41) is 0. The molecule has 0 saturated heterocycles. The number of nitrogens with zero attached hydrogens (tertiary/aromatic N) is 4. The van der Waals surface area contributed by atoms with E-state index in [-0.39, 0.29) is 23.6 Å². The highest BCUT2D eigenvalue weighted by molar-refractivity contribution is 6.07. The minimum atomic E-state index is -0.154. The van der Waals surface area contributed by atoms with E-state index >= 15 is 19.2 Å². The first kappa shape index (κ1) is 42.3. The molecule has 0 spiro atoms. The fraction of sp³-hybridized carbons (Fsp3) is 0.133. The molecular weight excluding hydrogens is 841 g/mol. The highest BCUT2D eigenvalue weighted by Crippen LogP contribution is 2.34. The van der Waals surface area contributed by atoms with Crippen molar-refractivity contribution in [2.45, 2.75) is 52.4 Å². The van der Waals surface area contributed by atoms with Crippen molar-refractivity contribution in [2.24, 2.45) is 0 Å². The minimum absolute atomic E-state index is 0.154. The molecule has 0 aromatic heterocycles. The average Bonchev–Trinajstić information content (AvgIpc) is 3.37. The van der Waals surface area contributed by atoms with Crippen LogP contribution in [0.3, 0.4) is 0 Å². The van der Waals surface area contributed by atoms with E-state index < -0.39 is 0 Å². The number of benzene rings is 8. The molecular formula is C60H48N4O4. The molecule has 0 fully saturated rings. The molecule has 8 heteroatoms. The van der Waals surface area contributed by atoms with Crippen LogP contribution < -0.4 is 0 Å². The van der Waals surface area contributed by atoms with Crippen LogP contribution in [0.4, 0.5) is 0 Å². The van der Waals surface area contributed by atoms with Gasteiger partial charge in [0.1, 0.15) is 0 Å². The predicted molar refractivity (Wildman–Crippen MR) is 264 cm³/mol. The van der Waals surface area contributed by atoms with Crippen LogP contribution in [0, 0.1) is 0 Å². The first-order valence-electron chi connectivity index (χ1n) is 23.2. The molecule has 0 unspecified atom stereocenters. The van der Waals surface area contributed by atoms with Gasteiger partial charge in [0.2, 0.25) is 0 Å². The summed E-state index contributed by atoms with van der Waals surface area (Å²) < 4.78 is 0. The van der Waals surface area contributed by atoms with Gasteiger partial charge in [-0.1, -0.05) is 170 Å². The zero-order chi connectivity index (χ0) is 46.1. The third-order valence-electron chi connectivity index (χ3n) is 13.3. The second-order valence-electron chi connectivity index (χ2n) is 18.1. The third-order valence-corrected chi connectivity index (χ3v) is 13.3. The van der Waals surface area contributed by atoms with E-state index in [1.807, 2.05) is 189 Å². The summed E-state index contributed by atoms with van der Waals surface area (Å²) >= 11 is 0. The van der Waals surface area contributed by atoms with Crippen LogP contribution >= 0.6 is 0 Å². The van der Waals surface area contributed by atoms with Gasteiger partial charge in [0, 0.05) is 74.6 Å². The highest BCUT2D eigenvalue weighted by Gasteiger charge is 2.29. The molecule has 8 nitrogen and oxygen atoms in total. The van der Waals surface area contributed by atoms with Gasteiger partial charge in [0.05, 0.1) is 0 Å². The normalized spacial score (nSPS) is 15.2. The van der Waals surface area contributed by atoms with Crippen molar-refractivity contribution in [3.63, 3.8) is 0 Å². The molecule has 0 N–H and O–H groups in total. The van der Waals surface area contributed by atoms with Crippen LogP contribution in [0.1, 0.15) is 85.9 Å². The summed E-state index contributed by atoms with van der Waals surface area (Å²) in [6, 6.07) is 62.8. The Morgan fingerprint density at radius 1 is 0.206 bits per heavy atom. The van der Waals surface area contributed by atoms with Crippen LogP contribution in [0.2, 0.25) is 0 Å². The Labute approximate surface area is 396 Å². The molecule has 0 atom stereocenters. The van der Waals surface area contributed by atoms with Gasteiger partial charge in [0.15, 0.2) is 0 Å². The van der Waals surface area contributed by atoms with E-state index in [0.717, 1.165) is 44.5 Å². The zero-order valence-corrected chi connectivity index (χ0v) is 37.6. The largest absolute Gasteiger partial charge is 0.330 e. The number of fused-ring (bicyclic) bond motifs is 14. The Bertz CT molecular complexity index is 2760. The summed E-state index contributed by atoms with van der Waals surface area (Å²) in [6.07, 6.45) is 0. The fourth-order valence-electron chi connectivity index (χ4n) is 10.2. The Balaban J connectivity index is 1.12. The number of amides is 4. The summed E-state index contributed by atoms with van der Waals surface area (Å²) in [5.74, 6) is -0.617. The van der Waals surface area contributed by atoms with Crippen LogP contribution in [0.5, 0.6) is 0 Å². The fourth-order valence-corrected chi connectivity index (χ4v) is 10.2. The van der Waals surface area contributed by atoms with Crippen LogP contribution in [-0.2, 0) is 52.4 Å². The SMILES string of the molecule is O=C1c2ccccc2-c2ccccc2C(=O)N2Cc3cccc(c3)CN(Cc3cccc(c3)C2)C(=O)c2ccccc2-c2ccccc2C(=O)N2Cc3cccc(c3)CN1Cc1cccc(c1)C2. The molecule has 3 aliphatic heterocycles. The Hall–Kier alpha value is -8.36. The van der Waals surface area contributed by atoms with Gasteiger partial charge in [-0.2, -0.15) is 0 Å². The smallest absolute Gasteiger partial charge is 0.255 e. The number of hydrogen-bond acceptors (Lipinski definition) is 4. The minimum Gasteiger partial charge on any atom is -0.330 e. The van der Waals surface area contributed by atoms with Gasteiger partial charge < -0.3 is 19.6 Å². The van der Waals surface area contributed by atoms with Crippen molar-refractivity contribution < 1.29 is 19.2 Å². The van der Waals surface area contributed by atoms with Gasteiger partial charge in [-0.15, -0.1) is 0 Å². The van der Waals surface area contributed by atoms with E-state index in [0.29, 0.717) is 96.9 Å². The molecule has 0 aliphatic carbocycles. The van der Waals surface area contributed by atoms with E-state index in [4.69, 9.17) is 0 Å².